The fourth-order valence-corrected chi connectivity index (χ4v) is 2.77. The second-order valence-corrected chi connectivity index (χ2v) is 6.88. The van der Waals surface area contributed by atoms with E-state index in [0.29, 0.717) is 0 Å². The van der Waals surface area contributed by atoms with Gasteiger partial charge in [0, 0.05) is 10.0 Å². The number of hydrogen-bond donors (Lipinski definition) is 0. The lowest BCUT2D eigenvalue weighted by molar-refractivity contribution is 1.31. The predicted molar refractivity (Wildman–Crippen MR) is 107 cm³/mol. The molecule has 2 aromatic rings. The van der Waals surface area contributed by atoms with Crippen LogP contribution in [0.2, 0.25) is 10.0 Å². The van der Waals surface area contributed by atoms with Crippen molar-refractivity contribution in [1.82, 2.24) is 0 Å². The first kappa shape index (κ1) is 18.7. The van der Waals surface area contributed by atoms with Crippen LogP contribution in [-0.2, 0) is 0 Å². The van der Waals surface area contributed by atoms with E-state index in [4.69, 9.17) is 33.2 Å². The molecule has 24 heavy (non-hydrogen) atoms. The zero-order valence-corrected chi connectivity index (χ0v) is 16.5. The Kier molecular flexibility index (Phi) is 5.84. The van der Waals surface area contributed by atoms with Crippen molar-refractivity contribution < 1.29 is 0 Å². The molecule has 0 saturated heterocycles. The van der Waals surface area contributed by atoms with Crippen molar-refractivity contribution in [3.8, 4) is 0 Å². The monoisotopic (exact) mass is 360 g/mol. The van der Waals surface area contributed by atoms with Crippen LogP contribution in [0.15, 0.2) is 34.3 Å². The molecule has 0 radical (unpaired) electrons. The van der Waals surface area contributed by atoms with Crippen LogP contribution >= 0.6 is 23.2 Å². The van der Waals surface area contributed by atoms with Gasteiger partial charge in [-0.15, -0.1) is 0 Å². The lowest BCUT2D eigenvalue weighted by Crippen LogP contribution is -2.05. The maximum absolute atomic E-state index is 6.22. The molecule has 0 amide bonds. The molecule has 0 unspecified atom stereocenters. The van der Waals surface area contributed by atoms with Crippen LogP contribution in [0.25, 0.3) is 0 Å². The average Bonchev–Trinajstić information content (AvgIpc) is 2.55. The SMILES string of the molecule is CC(=Nc1c(C)ccc(Cl)c1C)C(C)=Nc1c(C)ccc(Cl)c1C. The normalized spacial score (nSPS) is 12.7. The van der Waals surface area contributed by atoms with Crippen LogP contribution in [0.4, 0.5) is 11.4 Å². The largest absolute Gasteiger partial charge is 0.251 e. The Morgan fingerprint density at radius 1 is 0.667 bits per heavy atom. The first-order valence-corrected chi connectivity index (χ1v) is 8.60. The van der Waals surface area contributed by atoms with Gasteiger partial charge in [0.2, 0.25) is 0 Å². The third-order valence-corrected chi connectivity index (χ3v) is 5.03. The van der Waals surface area contributed by atoms with E-state index in [1.807, 2.05) is 65.8 Å². The molecule has 0 N–H and O–H groups in total. The van der Waals surface area contributed by atoms with Gasteiger partial charge in [0.15, 0.2) is 0 Å². The zero-order chi connectivity index (χ0) is 18.0. The molecule has 0 aliphatic heterocycles. The first-order chi connectivity index (χ1) is 11.2. The minimum absolute atomic E-state index is 0.725. The Morgan fingerprint density at radius 2 is 1.00 bits per heavy atom. The quantitative estimate of drug-likeness (QED) is 0.520. The third kappa shape index (κ3) is 3.88. The molecule has 2 rings (SSSR count). The van der Waals surface area contributed by atoms with E-state index >= 15 is 0 Å². The minimum atomic E-state index is 0.725. The van der Waals surface area contributed by atoms with E-state index in [9.17, 15) is 0 Å². The predicted octanol–water partition coefficient (Wildman–Crippen LogP) is 7.11. The molecule has 2 aromatic carbocycles. The molecule has 2 nitrogen and oxygen atoms in total. The fraction of sp³-hybridized carbons (Fsp3) is 0.300. The summed E-state index contributed by atoms with van der Waals surface area (Å²) in [7, 11) is 0. The summed E-state index contributed by atoms with van der Waals surface area (Å²) in [6.07, 6.45) is 0. The summed E-state index contributed by atoms with van der Waals surface area (Å²) in [6, 6.07) is 7.78. The Balaban J connectivity index is 2.49. The maximum Gasteiger partial charge on any atom is 0.0706 e. The van der Waals surface area contributed by atoms with Crippen LogP contribution in [-0.4, -0.2) is 11.4 Å². The van der Waals surface area contributed by atoms with Crippen molar-refractivity contribution in [2.75, 3.05) is 0 Å². The minimum Gasteiger partial charge on any atom is -0.251 e. The summed E-state index contributed by atoms with van der Waals surface area (Å²) in [6.45, 7) is 12.0. The van der Waals surface area contributed by atoms with Crippen LogP contribution < -0.4 is 0 Å². The summed E-state index contributed by atoms with van der Waals surface area (Å²) < 4.78 is 0. The van der Waals surface area contributed by atoms with Crippen LogP contribution in [0.5, 0.6) is 0 Å². The highest BCUT2D eigenvalue weighted by Crippen LogP contribution is 2.31. The second-order valence-electron chi connectivity index (χ2n) is 6.07. The number of hydrogen-bond acceptors (Lipinski definition) is 2. The van der Waals surface area contributed by atoms with Gasteiger partial charge >= 0.3 is 0 Å². The number of aliphatic imine (C=N–C) groups is 2. The van der Waals surface area contributed by atoms with Crippen molar-refractivity contribution in [2.24, 2.45) is 9.98 Å². The summed E-state index contributed by atoms with van der Waals surface area (Å²) in [5.74, 6) is 0. The van der Waals surface area contributed by atoms with Gasteiger partial charge in [-0.25, -0.2) is 0 Å². The topological polar surface area (TPSA) is 24.7 Å². The summed E-state index contributed by atoms with van der Waals surface area (Å²) >= 11 is 12.4. The number of aryl methyl sites for hydroxylation is 2. The highest BCUT2D eigenvalue weighted by molar-refractivity contribution is 6.41. The number of rotatable bonds is 3. The van der Waals surface area contributed by atoms with Crippen LogP contribution in [0.3, 0.4) is 0 Å². The Bertz CT molecular complexity index is 778. The van der Waals surface area contributed by atoms with Gasteiger partial charge in [0.1, 0.15) is 0 Å². The molecule has 0 aliphatic rings. The van der Waals surface area contributed by atoms with Gasteiger partial charge < -0.3 is 0 Å². The van der Waals surface area contributed by atoms with Gasteiger partial charge in [-0.05, 0) is 75.9 Å². The van der Waals surface area contributed by atoms with Crippen molar-refractivity contribution in [3.63, 3.8) is 0 Å². The standard InChI is InChI=1S/C20H22Cl2N2/c1-11-7-9-17(21)13(3)19(11)23-15(5)16(6)24-20-12(2)8-10-18(22)14(20)4/h7-10H,1-6H3. The molecule has 126 valence electrons. The Morgan fingerprint density at radius 3 is 1.33 bits per heavy atom. The average molecular weight is 361 g/mol. The molecule has 4 heteroatoms. The lowest BCUT2D eigenvalue weighted by Gasteiger charge is -2.10. The van der Waals surface area contributed by atoms with Crippen molar-refractivity contribution in [2.45, 2.75) is 41.5 Å². The zero-order valence-electron chi connectivity index (χ0n) is 15.0. The number of halogens is 2. The van der Waals surface area contributed by atoms with E-state index in [-0.39, 0.29) is 0 Å². The molecule has 0 saturated carbocycles. The summed E-state index contributed by atoms with van der Waals surface area (Å²) in [5.41, 5.74) is 7.71. The molecular formula is C20H22Cl2N2. The highest BCUT2D eigenvalue weighted by Gasteiger charge is 2.09. The number of nitrogens with zero attached hydrogens (tertiary/aromatic N) is 2. The van der Waals surface area contributed by atoms with Gasteiger partial charge in [-0.3, -0.25) is 9.98 Å². The third-order valence-electron chi connectivity index (χ3n) is 4.22. The van der Waals surface area contributed by atoms with Crippen molar-refractivity contribution in [1.29, 1.82) is 0 Å². The Hall–Kier alpha value is -1.64. The van der Waals surface area contributed by atoms with Crippen LogP contribution in [0.1, 0.15) is 36.1 Å². The van der Waals surface area contributed by atoms with Gasteiger partial charge in [0.05, 0.1) is 22.8 Å². The fourth-order valence-electron chi connectivity index (χ4n) is 2.46. The second kappa shape index (κ2) is 7.50. The molecular weight excluding hydrogens is 339 g/mol. The van der Waals surface area contributed by atoms with Crippen LogP contribution in [0, 0.1) is 27.7 Å². The Labute approximate surface area is 154 Å². The maximum atomic E-state index is 6.22. The van der Waals surface area contributed by atoms with E-state index in [0.717, 1.165) is 55.1 Å². The molecule has 0 bridgehead atoms. The van der Waals surface area contributed by atoms with E-state index in [2.05, 4.69) is 0 Å². The molecule has 0 fully saturated rings. The van der Waals surface area contributed by atoms with E-state index in [1.54, 1.807) is 0 Å². The number of benzene rings is 2. The van der Waals surface area contributed by atoms with E-state index < -0.39 is 0 Å². The highest BCUT2D eigenvalue weighted by atomic mass is 35.5. The van der Waals surface area contributed by atoms with Gasteiger partial charge in [-0.2, -0.15) is 0 Å². The smallest absolute Gasteiger partial charge is 0.0706 e. The first-order valence-electron chi connectivity index (χ1n) is 7.84. The molecule has 0 spiro atoms. The van der Waals surface area contributed by atoms with Gasteiger partial charge in [-0.1, -0.05) is 35.3 Å². The molecule has 0 aromatic heterocycles. The van der Waals surface area contributed by atoms with Crippen molar-refractivity contribution in [3.05, 3.63) is 56.6 Å². The lowest BCUT2D eigenvalue weighted by atomic mass is 10.1. The summed E-state index contributed by atoms with van der Waals surface area (Å²) in [4.78, 5) is 9.53. The molecule has 0 aliphatic carbocycles. The molecule has 0 heterocycles. The van der Waals surface area contributed by atoms with E-state index in [1.165, 1.54) is 0 Å². The molecule has 0 atom stereocenters. The summed E-state index contributed by atoms with van der Waals surface area (Å²) in [5, 5.41) is 1.45. The van der Waals surface area contributed by atoms with Gasteiger partial charge in [0.25, 0.3) is 0 Å². The van der Waals surface area contributed by atoms with Crippen molar-refractivity contribution >= 4 is 46.0 Å².